The Hall–Kier alpha value is 0.400. The van der Waals surface area contributed by atoms with Crippen molar-refractivity contribution in [1.29, 1.82) is 0 Å². The van der Waals surface area contributed by atoms with Crippen LogP contribution in [0.3, 0.4) is 0 Å². The number of hydrogen-bond acceptors (Lipinski definition) is 1. The highest BCUT2D eigenvalue weighted by Gasteiger charge is 2.65. The molecular formula is C10H15IO. The highest BCUT2D eigenvalue weighted by atomic mass is 127. The number of Topliss-reactive ketones (excluding diaryl/α,β-unsaturated/α-hetero) is 1. The molecule has 2 rings (SSSR count). The van der Waals surface area contributed by atoms with Gasteiger partial charge in [-0.3, -0.25) is 4.79 Å². The van der Waals surface area contributed by atoms with Crippen LogP contribution in [0.2, 0.25) is 0 Å². The number of hydrogen-bond donors (Lipinski definition) is 0. The zero-order valence-corrected chi connectivity index (χ0v) is 10.0. The van der Waals surface area contributed by atoms with Crippen molar-refractivity contribution in [3.8, 4) is 0 Å². The van der Waals surface area contributed by atoms with Crippen molar-refractivity contribution in [2.24, 2.45) is 16.7 Å². The van der Waals surface area contributed by atoms with Crippen LogP contribution in [0, 0.1) is 16.7 Å². The fraction of sp³-hybridized carbons (Fsp3) is 0.900. The molecule has 68 valence electrons. The molecule has 1 nitrogen and oxygen atoms in total. The third kappa shape index (κ3) is 0.733. The minimum absolute atomic E-state index is 0.0104. The summed E-state index contributed by atoms with van der Waals surface area (Å²) < 4.78 is 0.288. The Morgan fingerprint density at radius 2 is 2.00 bits per heavy atom. The molecule has 0 spiro atoms. The number of alkyl halides is 1. The molecule has 12 heavy (non-hydrogen) atoms. The standard InChI is InChI=1S/C10H15IO/c1-9(2)6-4-5-10(9,3)8(12)7(6)11/h6-7H,4-5H2,1-3H3/t6-,7+,10+/m0/s1. The zero-order chi connectivity index (χ0) is 9.15. The fourth-order valence-electron chi connectivity index (χ4n) is 2.98. The maximum Gasteiger partial charge on any atom is 0.152 e. The van der Waals surface area contributed by atoms with E-state index in [2.05, 4.69) is 43.4 Å². The molecule has 2 heteroatoms. The highest BCUT2D eigenvalue weighted by Crippen LogP contribution is 2.65. The van der Waals surface area contributed by atoms with Crippen LogP contribution in [-0.4, -0.2) is 9.71 Å². The lowest BCUT2D eigenvalue weighted by atomic mass is 9.70. The van der Waals surface area contributed by atoms with E-state index in [-0.39, 0.29) is 14.8 Å². The van der Waals surface area contributed by atoms with Gasteiger partial charge >= 0.3 is 0 Å². The summed E-state index contributed by atoms with van der Waals surface area (Å²) in [6, 6.07) is 0. The Balaban J connectivity index is 2.50. The predicted molar refractivity (Wildman–Crippen MR) is 57.4 cm³/mol. The first-order valence-electron chi connectivity index (χ1n) is 4.59. The summed E-state index contributed by atoms with van der Waals surface area (Å²) in [5, 5.41) is 0. The summed E-state index contributed by atoms with van der Waals surface area (Å²) >= 11 is 2.34. The van der Waals surface area contributed by atoms with Crippen LogP contribution >= 0.6 is 22.6 Å². The largest absolute Gasteiger partial charge is 0.298 e. The summed E-state index contributed by atoms with van der Waals surface area (Å²) in [5.74, 6) is 1.14. The molecule has 2 fully saturated rings. The average molecular weight is 278 g/mol. The summed E-state index contributed by atoms with van der Waals surface area (Å²) in [6.07, 6.45) is 2.37. The van der Waals surface area contributed by atoms with Crippen molar-refractivity contribution in [2.75, 3.05) is 0 Å². The summed E-state index contributed by atoms with van der Waals surface area (Å²) in [6.45, 7) is 6.69. The topological polar surface area (TPSA) is 17.1 Å². The van der Waals surface area contributed by atoms with Crippen LogP contribution in [0.5, 0.6) is 0 Å². The molecule has 3 atom stereocenters. The van der Waals surface area contributed by atoms with E-state index in [4.69, 9.17) is 0 Å². The molecule has 2 saturated carbocycles. The summed E-state index contributed by atoms with van der Waals surface area (Å²) in [7, 11) is 0. The van der Waals surface area contributed by atoms with E-state index in [0.29, 0.717) is 11.7 Å². The third-order valence-electron chi connectivity index (χ3n) is 4.45. The van der Waals surface area contributed by atoms with E-state index in [1.165, 1.54) is 6.42 Å². The molecule has 2 bridgehead atoms. The second-order valence-corrected chi connectivity index (χ2v) is 6.31. The van der Waals surface area contributed by atoms with Crippen LogP contribution in [-0.2, 0) is 4.79 Å². The van der Waals surface area contributed by atoms with Crippen molar-refractivity contribution >= 4 is 28.4 Å². The molecule has 2 aliphatic carbocycles. The van der Waals surface area contributed by atoms with Gasteiger partial charge in [-0.1, -0.05) is 43.4 Å². The molecule has 0 saturated heterocycles. The molecular weight excluding hydrogens is 263 g/mol. The molecule has 0 aromatic rings. The van der Waals surface area contributed by atoms with Crippen molar-refractivity contribution in [2.45, 2.75) is 37.5 Å². The summed E-state index contributed by atoms with van der Waals surface area (Å²) in [5.41, 5.74) is 0.236. The van der Waals surface area contributed by atoms with Crippen molar-refractivity contribution in [3.63, 3.8) is 0 Å². The third-order valence-corrected chi connectivity index (χ3v) is 5.89. The van der Waals surface area contributed by atoms with Crippen molar-refractivity contribution < 1.29 is 4.79 Å². The van der Waals surface area contributed by atoms with E-state index >= 15 is 0 Å². The predicted octanol–water partition coefficient (Wildman–Crippen LogP) is 2.82. The van der Waals surface area contributed by atoms with Gasteiger partial charge in [0.05, 0.1) is 3.92 Å². The lowest BCUT2D eigenvalue weighted by molar-refractivity contribution is -0.127. The number of carbonyl (C=O) groups is 1. The first-order valence-corrected chi connectivity index (χ1v) is 5.84. The average Bonchev–Trinajstić information content (AvgIpc) is 2.26. The molecule has 0 unspecified atom stereocenters. The smallest absolute Gasteiger partial charge is 0.152 e. The molecule has 0 N–H and O–H groups in total. The number of fused-ring (bicyclic) bond motifs is 2. The van der Waals surface area contributed by atoms with E-state index in [9.17, 15) is 4.79 Å². The molecule has 0 aromatic carbocycles. The number of ketones is 1. The number of rotatable bonds is 0. The van der Waals surface area contributed by atoms with Crippen LogP contribution in [0.1, 0.15) is 33.6 Å². The van der Waals surface area contributed by atoms with E-state index < -0.39 is 0 Å². The molecule has 0 aliphatic heterocycles. The first kappa shape index (κ1) is 8.97. The van der Waals surface area contributed by atoms with E-state index in [1.54, 1.807) is 0 Å². The monoisotopic (exact) mass is 278 g/mol. The van der Waals surface area contributed by atoms with E-state index in [1.807, 2.05) is 0 Å². The van der Waals surface area contributed by atoms with E-state index in [0.717, 1.165) is 6.42 Å². The van der Waals surface area contributed by atoms with Gasteiger partial charge in [-0.15, -0.1) is 0 Å². The number of carbonyl (C=O) groups excluding carboxylic acids is 1. The Morgan fingerprint density at radius 1 is 1.42 bits per heavy atom. The van der Waals surface area contributed by atoms with Gasteiger partial charge in [0.1, 0.15) is 0 Å². The van der Waals surface area contributed by atoms with Gasteiger partial charge in [0, 0.05) is 5.41 Å². The normalized spacial score (nSPS) is 50.2. The minimum Gasteiger partial charge on any atom is -0.298 e. The van der Waals surface area contributed by atoms with Crippen molar-refractivity contribution in [3.05, 3.63) is 0 Å². The van der Waals surface area contributed by atoms with Gasteiger partial charge in [-0.25, -0.2) is 0 Å². The summed E-state index contributed by atoms with van der Waals surface area (Å²) in [4.78, 5) is 11.9. The zero-order valence-electron chi connectivity index (χ0n) is 7.86. The molecule has 0 radical (unpaired) electrons. The molecule has 0 aromatic heterocycles. The van der Waals surface area contributed by atoms with Crippen LogP contribution in [0.4, 0.5) is 0 Å². The molecule has 0 amide bonds. The van der Waals surface area contributed by atoms with Gasteiger partial charge in [0.2, 0.25) is 0 Å². The van der Waals surface area contributed by atoms with Gasteiger partial charge in [-0.2, -0.15) is 0 Å². The van der Waals surface area contributed by atoms with Gasteiger partial charge in [0.15, 0.2) is 5.78 Å². The minimum atomic E-state index is -0.0104. The second-order valence-electron chi connectivity index (χ2n) is 4.96. The maximum atomic E-state index is 11.9. The van der Waals surface area contributed by atoms with Gasteiger partial charge in [-0.05, 0) is 24.2 Å². The van der Waals surface area contributed by atoms with Crippen LogP contribution in [0.25, 0.3) is 0 Å². The van der Waals surface area contributed by atoms with Gasteiger partial charge in [0.25, 0.3) is 0 Å². The van der Waals surface area contributed by atoms with Crippen LogP contribution in [0.15, 0.2) is 0 Å². The highest BCUT2D eigenvalue weighted by molar-refractivity contribution is 14.1. The molecule has 0 heterocycles. The number of halogens is 1. The lowest BCUT2D eigenvalue weighted by Gasteiger charge is -2.32. The first-order chi connectivity index (χ1) is 5.41. The Morgan fingerprint density at radius 3 is 2.25 bits per heavy atom. The maximum absolute atomic E-state index is 11.9. The fourth-order valence-corrected chi connectivity index (χ4v) is 4.92. The Kier molecular flexibility index (Phi) is 1.68. The Bertz CT molecular complexity index is 246. The lowest BCUT2D eigenvalue weighted by Crippen LogP contribution is -2.33. The Labute approximate surface area is 87.4 Å². The van der Waals surface area contributed by atoms with Crippen LogP contribution < -0.4 is 0 Å². The SMILES string of the molecule is CC1(C)[C@H]2CC[C@]1(C)C(=O)[C@@H]2I. The van der Waals surface area contributed by atoms with Crippen molar-refractivity contribution in [1.82, 2.24) is 0 Å². The van der Waals surface area contributed by atoms with Gasteiger partial charge < -0.3 is 0 Å². The second kappa shape index (κ2) is 2.25. The molecule has 2 aliphatic rings. The quantitative estimate of drug-likeness (QED) is 0.492.